The third-order valence-electron chi connectivity index (χ3n) is 2.94. The van der Waals surface area contributed by atoms with E-state index in [-0.39, 0.29) is 17.5 Å². The standard InChI is InChI=1S/C10H19NO3/c1-8-5-10(7-11,3-4-14-8)6-9(12)13-2/h8H,3-7,11H2,1-2H3. The van der Waals surface area contributed by atoms with Gasteiger partial charge in [0.2, 0.25) is 0 Å². The molecule has 1 saturated heterocycles. The predicted octanol–water partition coefficient (Wildman–Crippen LogP) is 0.693. The van der Waals surface area contributed by atoms with Crippen molar-refractivity contribution in [2.75, 3.05) is 20.3 Å². The Morgan fingerprint density at radius 3 is 2.93 bits per heavy atom. The number of hydrogen-bond acceptors (Lipinski definition) is 4. The first kappa shape index (κ1) is 11.5. The Bertz CT molecular complexity index is 208. The quantitative estimate of drug-likeness (QED) is 0.682. The van der Waals surface area contributed by atoms with E-state index in [0.29, 0.717) is 19.6 Å². The van der Waals surface area contributed by atoms with Crippen LogP contribution in [0.1, 0.15) is 26.2 Å². The smallest absolute Gasteiger partial charge is 0.306 e. The van der Waals surface area contributed by atoms with E-state index in [9.17, 15) is 4.79 Å². The molecular weight excluding hydrogens is 182 g/mol. The summed E-state index contributed by atoms with van der Waals surface area (Å²) in [5, 5.41) is 0. The molecule has 1 fully saturated rings. The Kier molecular flexibility index (Phi) is 3.89. The van der Waals surface area contributed by atoms with Crippen LogP contribution in [-0.2, 0) is 14.3 Å². The highest BCUT2D eigenvalue weighted by Crippen LogP contribution is 2.35. The second kappa shape index (κ2) is 4.75. The van der Waals surface area contributed by atoms with E-state index in [1.54, 1.807) is 0 Å². The van der Waals surface area contributed by atoms with Gasteiger partial charge in [0, 0.05) is 6.61 Å². The zero-order valence-corrected chi connectivity index (χ0v) is 8.91. The summed E-state index contributed by atoms with van der Waals surface area (Å²) in [5.74, 6) is -0.176. The van der Waals surface area contributed by atoms with Crippen LogP contribution < -0.4 is 5.73 Å². The summed E-state index contributed by atoms with van der Waals surface area (Å²) in [7, 11) is 1.41. The lowest BCUT2D eigenvalue weighted by molar-refractivity contribution is -0.146. The second-order valence-corrected chi connectivity index (χ2v) is 4.09. The number of methoxy groups -OCH3 is 1. The third-order valence-corrected chi connectivity index (χ3v) is 2.94. The van der Waals surface area contributed by atoms with Gasteiger partial charge in [0.25, 0.3) is 0 Å². The molecule has 1 heterocycles. The predicted molar refractivity (Wildman–Crippen MR) is 52.8 cm³/mol. The highest BCUT2D eigenvalue weighted by atomic mass is 16.5. The Morgan fingerprint density at radius 1 is 1.71 bits per heavy atom. The molecule has 4 heteroatoms. The zero-order valence-electron chi connectivity index (χ0n) is 8.91. The lowest BCUT2D eigenvalue weighted by Gasteiger charge is -2.38. The lowest BCUT2D eigenvalue weighted by atomic mass is 9.75. The van der Waals surface area contributed by atoms with Crippen molar-refractivity contribution in [3.8, 4) is 0 Å². The second-order valence-electron chi connectivity index (χ2n) is 4.09. The molecule has 2 atom stereocenters. The number of hydrogen-bond donors (Lipinski definition) is 1. The fraction of sp³-hybridized carbons (Fsp3) is 0.900. The fourth-order valence-electron chi connectivity index (χ4n) is 2.04. The maximum absolute atomic E-state index is 11.2. The van der Waals surface area contributed by atoms with Gasteiger partial charge in [0.1, 0.15) is 0 Å². The molecule has 1 rings (SSSR count). The molecular formula is C10H19NO3. The van der Waals surface area contributed by atoms with E-state index in [0.717, 1.165) is 12.8 Å². The molecule has 0 spiro atoms. The highest BCUT2D eigenvalue weighted by molar-refractivity contribution is 5.70. The van der Waals surface area contributed by atoms with Gasteiger partial charge in [-0.3, -0.25) is 4.79 Å². The summed E-state index contributed by atoms with van der Waals surface area (Å²) >= 11 is 0. The number of rotatable bonds is 3. The summed E-state index contributed by atoms with van der Waals surface area (Å²) in [6.45, 7) is 3.23. The largest absolute Gasteiger partial charge is 0.469 e. The normalized spacial score (nSPS) is 32.6. The molecule has 2 N–H and O–H groups in total. The van der Waals surface area contributed by atoms with Crippen molar-refractivity contribution in [1.82, 2.24) is 0 Å². The molecule has 0 amide bonds. The van der Waals surface area contributed by atoms with Crippen molar-refractivity contribution in [2.45, 2.75) is 32.3 Å². The minimum absolute atomic E-state index is 0.106. The van der Waals surface area contributed by atoms with Crippen LogP contribution in [0.3, 0.4) is 0 Å². The van der Waals surface area contributed by atoms with Crippen molar-refractivity contribution >= 4 is 5.97 Å². The topological polar surface area (TPSA) is 61.5 Å². The SMILES string of the molecule is COC(=O)CC1(CN)CCOC(C)C1. The molecule has 0 bridgehead atoms. The van der Waals surface area contributed by atoms with Gasteiger partial charge in [-0.25, -0.2) is 0 Å². The molecule has 4 nitrogen and oxygen atoms in total. The van der Waals surface area contributed by atoms with Crippen LogP contribution in [0.25, 0.3) is 0 Å². The maximum Gasteiger partial charge on any atom is 0.306 e. The van der Waals surface area contributed by atoms with Gasteiger partial charge in [0.15, 0.2) is 0 Å². The molecule has 1 aliphatic rings. The van der Waals surface area contributed by atoms with Crippen molar-refractivity contribution in [3.05, 3.63) is 0 Å². The summed E-state index contributed by atoms with van der Waals surface area (Å²) in [6.07, 6.45) is 2.30. The maximum atomic E-state index is 11.2. The molecule has 14 heavy (non-hydrogen) atoms. The van der Waals surface area contributed by atoms with Gasteiger partial charge in [-0.05, 0) is 31.7 Å². The van der Waals surface area contributed by atoms with Gasteiger partial charge < -0.3 is 15.2 Å². The minimum Gasteiger partial charge on any atom is -0.469 e. The van der Waals surface area contributed by atoms with Crippen LogP contribution in [0.5, 0.6) is 0 Å². The van der Waals surface area contributed by atoms with Crippen LogP contribution in [-0.4, -0.2) is 32.3 Å². The van der Waals surface area contributed by atoms with Gasteiger partial charge in [-0.2, -0.15) is 0 Å². The van der Waals surface area contributed by atoms with Crippen molar-refractivity contribution in [3.63, 3.8) is 0 Å². The average molecular weight is 201 g/mol. The van der Waals surface area contributed by atoms with E-state index in [2.05, 4.69) is 4.74 Å². The van der Waals surface area contributed by atoms with Crippen molar-refractivity contribution in [1.29, 1.82) is 0 Å². The molecule has 0 aromatic rings. The first-order valence-corrected chi connectivity index (χ1v) is 5.00. The first-order chi connectivity index (χ1) is 6.62. The molecule has 0 aliphatic carbocycles. The van der Waals surface area contributed by atoms with Crippen molar-refractivity contribution < 1.29 is 14.3 Å². The molecule has 0 aromatic heterocycles. The number of ether oxygens (including phenoxy) is 2. The Labute approximate surface area is 84.7 Å². The van der Waals surface area contributed by atoms with E-state index >= 15 is 0 Å². The zero-order chi connectivity index (χ0) is 10.6. The number of carbonyl (C=O) groups is 1. The summed E-state index contributed by atoms with van der Waals surface area (Å²) in [5.41, 5.74) is 5.63. The monoisotopic (exact) mass is 201 g/mol. The van der Waals surface area contributed by atoms with E-state index in [1.165, 1.54) is 7.11 Å². The Morgan fingerprint density at radius 2 is 2.43 bits per heavy atom. The third kappa shape index (κ3) is 2.69. The van der Waals surface area contributed by atoms with Gasteiger partial charge in [-0.15, -0.1) is 0 Å². The van der Waals surface area contributed by atoms with Crippen LogP contribution in [0.15, 0.2) is 0 Å². The average Bonchev–Trinajstić information content (AvgIpc) is 2.17. The molecule has 1 aliphatic heterocycles. The van der Waals surface area contributed by atoms with Crippen LogP contribution >= 0.6 is 0 Å². The molecule has 0 radical (unpaired) electrons. The Balaban J connectivity index is 2.60. The molecule has 0 aromatic carbocycles. The summed E-state index contributed by atoms with van der Waals surface area (Å²) in [4.78, 5) is 11.2. The molecule has 0 saturated carbocycles. The highest BCUT2D eigenvalue weighted by Gasteiger charge is 2.36. The van der Waals surface area contributed by atoms with Gasteiger partial charge in [0.05, 0.1) is 19.6 Å². The summed E-state index contributed by atoms with van der Waals surface area (Å²) < 4.78 is 10.1. The van der Waals surface area contributed by atoms with Crippen LogP contribution in [0, 0.1) is 5.41 Å². The molecule has 82 valence electrons. The van der Waals surface area contributed by atoms with Crippen LogP contribution in [0.4, 0.5) is 0 Å². The number of carbonyl (C=O) groups excluding carboxylic acids is 1. The van der Waals surface area contributed by atoms with E-state index in [4.69, 9.17) is 10.5 Å². The fourth-order valence-corrected chi connectivity index (χ4v) is 2.04. The first-order valence-electron chi connectivity index (χ1n) is 5.00. The van der Waals surface area contributed by atoms with Gasteiger partial charge >= 0.3 is 5.97 Å². The van der Waals surface area contributed by atoms with E-state index < -0.39 is 0 Å². The Hall–Kier alpha value is -0.610. The number of esters is 1. The number of nitrogens with two attached hydrogens (primary N) is 1. The minimum atomic E-state index is -0.176. The summed E-state index contributed by atoms with van der Waals surface area (Å²) in [6, 6.07) is 0. The molecule has 2 unspecified atom stereocenters. The van der Waals surface area contributed by atoms with Crippen molar-refractivity contribution in [2.24, 2.45) is 11.1 Å². The van der Waals surface area contributed by atoms with Crippen LogP contribution in [0.2, 0.25) is 0 Å². The van der Waals surface area contributed by atoms with Gasteiger partial charge in [-0.1, -0.05) is 0 Å². The van der Waals surface area contributed by atoms with E-state index in [1.807, 2.05) is 6.92 Å². The lowest BCUT2D eigenvalue weighted by Crippen LogP contribution is -2.41.